The molecule has 27 heavy (non-hydrogen) atoms. The van der Waals surface area contributed by atoms with Crippen molar-refractivity contribution in [1.29, 1.82) is 0 Å². The molecule has 0 unspecified atom stereocenters. The molecule has 144 valence electrons. The largest absolute Gasteiger partial charge is 0.480 e. The fraction of sp³-hybridized carbons (Fsp3) is 0.263. The molecule has 0 saturated carbocycles. The lowest BCUT2D eigenvalue weighted by atomic mass is 9.99. The molecule has 5 nitrogen and oxygen atoms in total. The lowest BCUT2D eigenvalue weighted by Crippen LogP contribution is -2.45. The minimum absolute atomic E-state index is 0.216. The zero-order chi connectivity index (χ0) is 20.0. The lowest BCUT2D eigenvalue weighted by molar-refractivity contribution is -0.144. The number of carbonyl (C=O) groups excluding carboxylic acids is 1. The van der Waals surface area contributed by atoms with E-state index >= 15 is 0 Å². The van der Waals surface area contributed by atoms with Crippen LogP contribution < -0.4 is 5.32 Å². The molecule has 1 amide bonds. The van der Waals surface area contributed by atoms with Gasteiger partial charge in [0, 0.05) is 13.5 Å². The number of aliphatic carboxylic acids is 1. The molecule has 2 rings (SSSR count). The molecule has 0 fully saturated rings. The summed E-state index contributed by atoms with van der Waals surface area (Å²) in [5, 5.41) is 11.6. The SMILES string of the molecule is CO[C@@H](C(=O)N[C@@H](Cc1ccccc1C(F)(F)F)C(=O)O)c1ccccc1. The van der Waals surface area contributed by atoms with Gasteiger partial charge in [0.15, 0.2) is 6.10 Å². The Morgan fingerprint density at radius 2 is 1.67 bits per heavy atom. The molecule has 0 aliphatic rings. The lowest BCUT2D eigenvalue weighted by Gasteiger charge is -2.21. The number of alkyl halides is 3. The molecule has 0 bridgehead atoms. The van der Waals surface area contributed by atoms with E-state index in [-0.39, 0.29) is 5.56 Å². The van der Waals surface area contributed by atoms with Crippen molar-refractivity contribution in [2.24, 2.45) is 0 Å². The van der Waals surface area contributed by atoms with Gasteiger partial charge in [0.25, 0.3) is 5.91 Å². The number of amides is 1. The van der Waals surface area contributed by atoms with Gasteiger partial charge in [-0.05, 0) is 17.2 Å². The standard InChI is InChI=1S/C19H18F3NO4/c1-27-16(12-7-3-2-4-8-12)17(24)23-15(18(25)26)11-13-9-5-6-10-14(13)19(20,21)22/h2-10,15-16H,11H2,1H3,(H,23,24)(H,25,26)/t15-,16+/m0/s1. The van der Waals surface area contributed by atoms with Crippen LogP contribution in [0.15, 0.2) is 54.6 Å². The molecule has 0 spiro atoms. The number of rotatable bonds is 7. The smallest absolute Gasteiger partial charge is 0.416 e. The molecule has 2 aromatic rings. The van der Waals surface area contributed by atoms with Gasteiger partial charge in [-0.3, -0.25) is 4.79 Å². The highest BCUT2D eigenvalue weighted by Crippen LogP contribution is 2.32. The first-order valence-electron chi connectivity index (χ1n) is 8.00. The summed E-state index contributed by atoms with van der Waals surface area (Å²) in [6.07, 6.45) is -6.21. The van der Waals surface area contributed by atoms with Crippen molar-refractivity contribution < 1.29 is 32.6 Å². The van der Waals surface area contributed by atoms with Crippen molar-refractivity contribution in [2.45, 2.75) is 24.7 Å². The van der Waals surface area contributed by atoms with Crippen molar-refractivity contribution in [3.63, 3.8) is 0 Å². The van der Waals surface area contributed by atoms with Gasteiger partial charge in [0.2, 0.25) is 0 Å². The quantitative estimate of drug-likeness (QED) is 0.772. The van der Waals surface area contributed by atoms with Gasteiger partial charge < -0.3 is 15.2 Å². The molecule has 0 heterocycles. The van der Waals surface area contributed by atoms with Crippen LogP contribution in [0.1, 0.15) is 22.8 Å². The molecule has 0 aliphatic heterocycles. The van der Waals surface area contributed by atoms with Crippen LogP contribution >= 0.6 is 0 Å². The Balaban J connectivity index is 2.22. The molecule has 8 heteroatoms. The van der Waals surface area contributed by atoms with Crippen molar-refractivity contribution in [2.75, 3.05) is 7.11 Å². The number of hydrogen-bond donors (Lipinski definition) is 2. The van der Waals surface area contributed by atoms with Gasteiger partial charge in [-0.25, -0.2) is 4.79 Å². The Kier molecular flexibility index (Phi) is 6.57. The van der Waals surface area contributed by atoms with Gasteiger partial charge in [-0.1, -0.05) is 48.5 Å². The van der Waals surface area contributed by atoms with Crippen LogP contribution in [0.4, 0.5) is 13.2 Å². The number of hydrogen-bond acceptors (Lipinski definition) is 3. The second-order valence-corrected chi connectivity index (χ2v) is 5.78. The van der Waals surface area contributed by atoms with E-state index in [1.54, 1.807) is 30.3 Å². The van der Waals surface area contributed by atoms with Crippen LogP contribution in [0.25, 0.3) is 0 Å². The molecular weight excluding hydrogens is 363 g/mol. The van der Waals surface area contributed by atoms with E-state index in [9.17, 15) is 27.9 Å². The first-order chi connectivity index (χ1) is 12.7. The highest BCUT2D eigenvalue weighted by molar-refractivity contribution is 5.87. The summed E-state index contributed by atoms with van der Waals surface area (Å²) in [6, 6.07) is 11.5. The fourth-order valence-corrected chi connectivity index (χ4v) is 2.66. The molecule has 2 N–H and O–H groups in total. The third-order valence-electron chi connectivity index (χ3n) is 3.94. The Morgan fingerprint density at radius 3 is 2.22 bits per heavy atom. The number of carboxylic acid groups (broad SMARTS) is 1. The number of benzene rings is 2. The average molecular weight is 381 g/mol. The van der Waals surface area contributed by atoms with E-state index in [0.717, 1.165) is 6.07 Å². The maximum absolute atomic E-state index is 13.1. The first-order valence-corrected chi connectivity index (χ1v) is 8.00. The van der Waals surface area contributed by atoms with Gasteiger partial charge in [-0.15, -0.1) is 0 Å². The molecule has 2 aromatic carbocycles. The van der Waals surface area contributed by atoms with Crippen molar-refractivity contribution in [3.05, 3.63) is 71.3 Å². The fourth-order valence-electron chi connectivity index (χ4n) is 2.66. The van der Waals surface area contributed by atoms with Gasteiger partial charge in [0.1, 0.15) is 6.04 Å². The summed E-state index contributed by atoms with van der Waals surface area (Å²) in [5.74, 6) is -2.19. The average Bonchev–Trinajstić information content (AvgIpc) is 2.62. The summed E-state index contributed by atoms with van der Waals surface area (Å²) < 4.78 is 44.5. The number of carboxylic acids is 1. The number of nitrogens with one attached hydrogen (secondary N) is 1. The minimum atomic E-state index is -4.62. The minimum Gasteiger partial charge on any atom is -0.480 e. The van der Waals surface area contributed by atoms with E-state index < -0.39 is 42.2 Å². The third kappa shape index (κ3) is 5.30. The van der Waals surface area contributed by atoms with Crippen LogP contribution in [-0.2, 0) is 26.9 Å². The molecule has 0 aromatic heterocycles. The maximum atomic E-state index is 13.1. The van der Waals surface area contributed by atoms with Crippen molar-refractivity contribution in [3.8, 4) is 0 Å². The molecule has 0 aliphatic carbocycles. The van der Waals surface area contributed by atoms with Gasteiger partial charge >= 0.3 is 12.1 Å². The van der Waals surface area contributed by atoms with E-state index in [4.69, 9.17) is 4.74 Å². The van der Waals surface area contributed by atoms with Crippen molar-refractivity contribution >= 4 is 11.9 Å². The zero-order valence-electron chi connectivity index (χ0n) is 14.4. The Labute approximate surface area is 153 Å². The van der Waals surface area contributed by atoms with E-state index in [1.807, 2.05) is 0 Å². The molecule has 2 atom stereocenters. The second-order valence-electron chi connectivity index (χ2n) is 5.78. The summed E-state index contributed by atoms with van der Waals surface area (Å²) in [7, 11) is 1.28. The van der Waals surface area contributed by atoms with Gasteiger partial charge in [0.05, 0.1) is 5.56 Å². The highest BCUT2D eigenvalue weighted by Gasteiger charge is 2.35. The summed E-state index contributed by atoms with van der Waals surface area (Å²) >= 11 is 0. The topological polar surface area (TPSA) is 75.6 Å². The van der Waals surface area contributed by atoms with Crippen LogP contribution in [0.3, 0.4) is 0 Å². The third-order valence-corrected chi connectivity index (χ3v) is 3.94. The zero-order valence-corrected chi connectivity index (χ0v) is 14.4. The normalized spacial score (nSPS) is 13.6. The van der Waals surface area contributed by atoms with Crippen LogP contribution in [-0.4, -0.2) is 30.1 Å². The predicted molar refractivity (Wildman–Crippen MR) is 90.9 cm³/mol. The number of carbonyl (C=O) groups is 2. The maximum Gasteiger partial charge on any atom is 0.416 e. The summed E-state index contributed by atoms with van der Waals surface area (Å²) in [5.41, 5.74) is -0.652. The van der Waals surface area contributed by atoms with E-state index in [1.165, 1.54) is 25.3 Å². The van der Waals surface area contributed by atoms with Crippen LogP contribution in [0, 0.1) is 0 Å². The highest BCUT2D eigenvalue weighted by atomic mass is 19.4. The van der Waals surface area contributed by atoms with Gasteiger partial charge in [-0.2, -0.15) is 13.2 Å². The number of halogens is 3. The Bertz CT molecular complexity index is 793. The van der Waals surface area contributed by atoms with Crippen molar-refractivity contribution in [1.82, 2.24) is 5.32 Å². The molecule has 0 saturated heterocycles. The summed E-state index contributed by atoms with van der Waals surface area (Å²) in [4.78, 5) is 24.0. The Hall–Kier alpha value is -2.87. The van der Waals surface area contributed by atoms with Crippen LogP contribution in [0.5, 0.6) is 0 Å². The predicted octanol–water partition coefficient (Wildman–Crippen LogP) is 3.21. The monoisotopic (exact) mass is 381 g/mol. The van der Waals surface area contributed by atoms with Crippen LogP contribution in [0.2, 0.25) is 0 Å². The van der Waals surface area contributed by atoms with E-state index in [2.05, 4.69) is 5.32 Å². The number of ether oxygens (including phenoxy) is 1. The first kappa shape index (κ1) is 20.4. The molecule has 0 radical (unpaired) electrons. The molecular formula is C19H18F3NO4. The number of methoxy groups -OCH3 is 1. The summed E-state index contributed by atoms with van der Waals surface area (Å²) in [6.45, 7) is 0. The van der Waals surface area contributed by atoms with E-state index in [0.29, 0.717) is 5.56 Å². The Morgan fingerprint density at radius 1 is 1.07 bits per heavy atom. The second kappa shape index (κ2) is 8.68.